The molecule has 7 heteroatoms. The molecule has 2 aliphatic rings. The van der Waals surface area contributed by atoms with Crippen LogP contribution in [-0.4, -0.2) is 37.2 Å². The molecule has 0 saturated heterocycles. The van der Waals surface area contributed by atoms with Crippen molar-refractivity contribution in [3.63, 3.8) is 0 Å². The van der Waals surface area contributed by atoms with E-state index in [0.717, 1.165) is 5.56 Å². The van der Waals surface area contributed by atoms with E-state index in [-0.39, 0.29) is 25.2 Å². The second-order valence-electron chi connectivity index (χ2n) is 7.80. The molecule has 0 aromatic heterocycles. The van der Waals surface area contributed by atoms with E-state index < -0.39 is 0 Å². The molecule has 0 unspecified atom stereocenters. The van der Waals surface area contributed by atoms with Gasteiger partial charge >= 0.3 is 0 Å². The number of hydrogen-bond donors (Lipinski definition) is 0. The summed E-state index contributed by atoms with van der Waals surface area (Å²) >= 11 is 0. The molecule has 2 aliphatic heterocycles. The van der Waals surface area contributed by atoms with E-state index in [4.69, 9.17) is 18.9 Å². The van der Waals surface area contributed by atoms with Crippen LogP contribution in [0.5, 0.6) is 23.0 Å². The summed E-state index contributed by atoms with van der Waals surface area (Å²) in [7, 11) is 1.56. The Morgan fingerprint density at radius 1 is 0.941 bits per heavy atom. The molecule has 0 atom stereocenters. The van der Waals surface area contributed by atoms with E-state index in [1.807, 2.05) is 37.3 Å². The summed E-state index contributed by atoms with van der Waals surface area (Å²) in [6, 6.07) is 18.0. The van der Waals surface area contributed by atoms with Gasteiger partial charge in [-0.25, -0.2) is 0 Å². The minimum absolute atomic E-state index is 0.107. The smallest absolute Gasteiger partial charge is 0.261 e. The van der Waals surface area contributed by atoms with Gasteiger partial charge in [-0.2, -0.15) is 0 Å². The summed E-state index contributed by atoms with van der Waals surface area (Å²) in [5.41, 5.74) is 2.91. The molecule has 0 fully saturated rings. The molecule has 7 nitrogen and oxygen atoms in total. The van der Waals surface area contributed by atoms with Crippen molar-refractivity contribution in [3.05, 3.63) is 82.9 Å². The summed E-state index contributed by atoms with van der Waals surface area (Å²) in [6.07, 6.45) is 1.75. The zero-order valence-electron chi connectivity index (χ0n) is 18.9. The number of rotatable bonds is 6. The van der Waals surface area contributed by atoms with Crippen LogP contribution in [0.15, 0.2) is 60.7 Å². The van der Waals surface area contributed by atoms with Crippen molar-refractivity contribution in [1.29, 1.82) is 0 Å². The van der Waals surface area contributed by atoms with Crippen LogP contribution in [0.2, 0.25) is 0 Å². The summed E-state index contributed by atoms with van der Waals surface area (Å²) in [5.74, 6) is 1.64. The number of imide groups is 1. The van der Waals surface area contributed by atoms with Crippen LogP contribution in [0.25, 0.3) is 11.6 Å². The Morgan fingerprint density at radius 3 is 2.53 bits per heavy atom. The second-order valence-corrected chi connectivity index (χ2v) is 7.80. The number of para-hydroxylation sites is 1. The third-order valence-electron chi connectivity index (χ3n) is 5.76. The van der Waals surface area contributed by atoms with Gasteiger partial charge in [0.15, 0.2) is 23.0 Å². The Morgan fingerprint density at radius 2 is 1.74 bits per heavy atom. The van der Waals surface area contributed by atoms with Gasteiger partial charge in [0.1, 0.15) is 0 Å². The number of carbonyl (C=O) groups excluding carboxylic acids is 2. The molecule has 5 rings (SSSR count). The normalized spacial score (nSPS) is 15.5. The molecule has 0 N–H and O–H groups in total. The zero-order chi connectivity index (χ0) is 23.7. The van der Waals surface area contributed by atoms with Crippen molar-refractivity contribution in [1.82, 2.24) is 4.90 Å². The zero-order valence-corrected chi connectivity index (χ0v) is 18.9. The fourth-order valence-corrected chi connectivity index (χ4v) is 4.20. The molecule has 0 radical (unpaired) electrons. The Labute approximate surface area is 197 Å². The first-order valence-electron chi connectivity index (χ1n) is 11.0. The standard InChI is InChI=1S/C27H23NO6/c1-3-32-23-10-6-7-18(25(23)31-2)14-21-19-8-4-5-9-20(19)26(29)28(27(21)30)15-17-11-12-22-24(13-17)34-16-33-22/h4-14H,3,15-16H2,1-2H3. The molecule has 172 valence electrons. The maximum atomic E-state index is 13.7. The second kappa shape index (κ2) is 8.94. The van der Waals surface area contributed by atoms with Crippen LogP contribution in [0.4, 0.5) is 0 Å². The van der Waals surface area contributed by atoms with Gasteiger partial charge < -0.3 is 18.9 Å². The summed E-state index contributed by atoms with van der Waals surface area (Å²) in [6.45, 7) is 2.64. The lowest BCUT2D eigenvalue weighted by atomic mass is 9.91. The van der Waals surface area contributed by atoms with Crippen LogP contribution in [-0.2, 0) is 11.3 Å². The van der Waals surface area contributed by atoms with E-state index in [0.29, 0.717) is 51.9 Å². The average molecular weight is 457 g/mol. The molecule has 3 aromatic rings. The molecule has 34 heavy (non-hydrogen) atoms. The quantitative estimate of drug-likeness (QED) is 0.400. The molecular formula is C27H23NO6. The maximum absolute atomic E-state index is 13.7. The number of amides is 2. The Balaban J connectivity index is 1.58. The molecule has 2 heterocycles. The monoisotopic (exact) mass is 457 g/mol. The number of ether oxygens (including phenoxy) is 4. The van der Waals surface area contributed by atoms with Crippen molar-refractivity contribution in [2.45, 2.75) is 13.5 Å². The predicted molar refractivity (Wildman–Crippen MR) is 126 cm³/mol. The van der Waals surface area contributed by atoms with E-state index in [1.165, 1.54) is 4.90 Å². The molecule has 3 aromatic carbocycles. The summed E-state index contributed by atoms with van der Waals surface area (Å²) in [5, 5.41) is 0. The minimum Gasteiger partial charge on any atom is -0.492 e. The lowest BCUT2D eigenvalue weighted by Crippen LogP contribution is -2.41. The van der Waals surface area contributed by atoms with Crippen molar-refractivity contribution >= 4 is 23.5 Å². The highest BCUT2D eigenvalue weighted by Crippen LogP contribution is 2.37. The summed E-state index contributed by atoms with van der Waals surface area (Å²) < 4.78 is 22.1. The third-order valence-corrected chi connectivity index (χ3v) is 5.76. The van der Waals surface area contributed by atoms with Crippen molar-refractivity contribution in [3.8, 4) is 23.0 Å². The van der Waals surface area contributed by atoms with Crippen molar-refractivity contribution in [2.24, 2.45) is 0 Å². The van der Waals surface area contributed by atoms with Gasteiger partial charge in [-0.1, -0.05) is 36.4 Å². The fraction of sp³-hybridized carbons (Fsp3) is 0.185. The SMILES string of the molecule is CCOc1cccc(C=C2C(=O)N(Cc3ccc4c(c3)OCO4)C(=O)c3ccccc32)c1OC. The largest absolute Gasteiger partial charge is 0.492 e. The van der Waals surface area contributed by atoms with E-state index in [2.05, 4.69) is 0 Å². The van der Waals surface area contributed by atoms with Crippen LogP contribution in [0.1, 0.15) is 34.0 Å². The molecule has 0 spiro atoms. The van der Waals surface area contributed by atoms with Gasteiger partial charge in [-0.15, -0.1) is 0 Å². The van der Waals surface area contributed by atoms with Crippen molar-refractivity contribution in [2.75, 3.05) is 20.5 Å². The third kappa shape index (κ3) is 3.75. The molecule has 2 amide bonds. The van der Waals surface area contributed by atoms with Crippen LogP contribution >= 0.6 is 0 Å². The first kappa shape index (κ1) is 21.6. The highest BCUT2D eigenvalue weighted by atomic mass is 16.7. The lowest BCUT2D eigenvalue weighted by Gasteiger charge is -2.29. The number of methoxy groups -OCH3 is 1. The molecule has 0 bridgehead atoms. The van der Waals surface area contributed by atoms with Crippen LogP contribution in [0.3, 0.4) is 0 Å². The average Bonchev–Trinajstić information content (AvgIpc) is 3.33. The van der Waals surface area contributed by atoms with E-state index in [9.17, 15) is 9.59 Å². The van der Waals surface area contributed by atoms with E-state index in [1.54, 1.807) is 43.5 Å². The van der Waals surface area contributed by atoms with Crippen molar-refractivity contribution < 1.29 is 28.5 Å². The lowest BCUT2D eigenvalue weighted by molar-refractivity contribution is -0.123. The molecule has 0 saturated carbocycles. The fourth-order valence-electron chi connectivity index (χ4n) is 4.20. The maximum Gasteiger partial charge on any atom is 0.261 e. The van der Waals surface area contributed by atoms with Gasteiger partial charge in [-0.05, 0) is 48.4 Å². The van der Waals surface area contributed by atoms with E-state index >= 15 is 0 Å². The van der Waals surface area contributed by atoms with Gasteiger partial charge in [0.05, 0.1) is 20.3 Å². The Kier molecular flexibility index (Phi) is 5.67. The van der Waals surface area contributed by atoms with Crippen LogP contribution < -0.4 is 18.9 Å². The molecule has 0 aliphatic carbocycles. The predicted octanol–water partition coefficient (Wildman–Crippen LogP) is 4.55. The summed E-state index contributed by atoms with van der Waals surface area (Å²) in [4.78, 5) is 28.2. The number of fused-ring (bicyclic) bond motifs is 2. The topological polar surface area (TPSA) is 74.3 Å². The number of nitrogens with zero attached hydrogens (tertiary/aromatic N) is 1. The Hall–Kier alpha value is -4.26. The highest BCUT2D eigenvalue weighted by Gasteiger charge is 2.35. The highest BCUT2D eigenvalue weighted by molar-refractivity contribution is 6.33. The molecular weight excluding hydrogens is 434 g/mol. The first-order chi connectivity index (χ1) is 16.6. The van der Waals surface area contributed by atoms with Gasteiger partial charge in [-0.3, -0.25) is 14.5 Å². The number of hydrogen-bond acceptors (Lipinski definition) is 6. The van der Waals surface area contributed by atoms with Gasteiger partial charge in [0.25, 0.3) is 11.8 Å². The minimum atomic E-state index is -0.384. The van der Waals surface area contributed by atoms with Crippen LogP contribution in [0, 0.1) is 0 Å². The number of carbonyl (C=O) groups is 2. The Bertz CT molecular complexity index is 1310. The first-order valence-corrected chi connectivity index (χ1v) is 11.0. The van der Waals surface area contributed by atoms with Gasteiger partial charge in [0.2, 0.25) is 6.79 Å². The van der Waals surface area contributed by atoms with Gasteiger partial charge in [0, 0.05) is 16.7 Å². The number of benzene rings is 3.